The molecule has 0 atom stereocenters. The second-order valence-electron chi connectivity index (χ2n) is 6.43. The maximum absolute atomic E-state index is 12.6. The van der Waals surface area contributed by atoms with Crippen LogP contribution in [0, 0.1) is 13.8 Å². The molecule has 0 fully saturated rings. The molecule has 0 bridgehead atoms. The molecule has 0 spiro atoms. The van der Waals surface area contributed by atoms with Crippen LogP contribution >= 0.6 is 0 Å². The highest BCUT2D eigenvalue weighted by molar-refractivity contribution is 6.44. The van der Waals surface area contributed by atoms with E-state index in [4.69, 9.17) is 5.73 Å². The van der Waals surface area contributed by atoms with Crippen LogP contribution in [0.3, 0.4) is 0 Å². The average Bonchev–Trinajstić information content (AvgIpc) is 2.98. The van der Waals surface area contributed by atoms with Crippen LogP contribution in [0.5, 0.6) is 0 Å². The number of nitrogens with two attached hydrogens (primary N) is 1. The molecule has 0 unspecified atom stereocenters. The molecular formula is C18H20N6O3. The fraction of sp³-hybridized carbons (Fsp3) is 0.278. The molecular weight excluding hydrogens is 348 g/mol. The van der Waals surface area contributed by atoms with Gasteiger partial charge in [0.05, 0.1) is 5.69 Å². The summed E-state index contributed by atoms with van der Waals surface area (Å²) in [4.78, 5) is 36.4. The van der Waals surface area contributed by atoms with Gasteiger partial charge in [-0.15, -0.1) is 0 Å². The molecule has 0 saturated heterocycles. The van der Waals surface area contributed by atoms with Gasteiger partial charge in [-0.2, -0.15) is 10.2 Å². The first-order valence-electron chi connectivity index (χ1n) is 8.38. The third-order valence-electron chi connectivity index (χ3n) is 4.21. The SMILES string of the molecule is Cc1ccc(C)c(N2N=C(C(=O)Nc3nn(C)cc3C(N)=O)CCC2=O)c1. The van der Waals surface area contributed by atoms with Crippen molar-refractivity contribution in [2.24, 2.45) is 17.9 Å². The summed E-state index contributed by atoms with van der Waals surface area (Å²) in [6, 6.07) is 5.69. The molecule has 3 rings (SSSR count). The molecule has 1 aliphatic rings. The summed E-state index contributed by atoms with van der Waals surface area (Å²) in [6.07, 6.45) is 1.78. The third-order valence-corrected chi connectivity index (χ3v) is 4.21. The normalized spacial score (nSPS) is 14.1. The quantitative estimate of drug-likeness (QED) is 0.843. The summed E-state index contributed by atoms with van der Waals surface area (Å²) in [5, 5.41) is 12.1. The number of rotatable bonds is 4. The van der Waals surface area contributed by atoms with E-state index in [0.29, 0.717) is 5.69 Å². The highest BCUT2D eigenvalue weighted by Gasteiger charge is 2.27. The van der Waals surface area contributed by atoms with Gasteiger partial charge in [0, 0.05) is 26.1 Å². The number of primary amides is 1. The number of anilines is 2. The van der Waals surface area contributed by atoms with Crippen molar-refractivity contribution in [3.05, 3.63) is 41.1 Å². The highest BCUT2D eigenvalue weighted by Crippen LogP contribution is 2.25. The highest BCUT2D eigenvalue weighted by atomic mass is 16.2. The molecule has 0 saturated carbocycles. The number of nitrogens with zero attached hydrogens (tertiary/aromatic N) is 4. The van der Waals surface area contributed by atoms with Gasteiger partial charge in [-0.05, 0) is 31.0 Å². The average molecular weight is 368 g/mol. The lowest BCUT2D eigenvalue weighted by Gasteiger charge is -2.24. The monoisotopic (exact) mass is 368 g/mol. The maximum Gasteiger partial charge on any atom is 0.273 e. The van der Waals surface area contributed by atoms with Gasteiger partial charge >= 0.3 is 0 Å². The molecule has 9 nitrogen and oxygen atoms in total. The summed E-state index contributed by atoms with van der Waals surface area (Å²) in [7, 11) is 1.61. The van der Waals surface area contributed by atoms with Crippen molar-refractivity contribution in [3.63, 3.8) is 0 Å². The predicted octanol–water partition coefficient (Wildman–Crippen LogP) is 1.26. The second kappa shape index (κ2) is 7.02. The molecule has 0 aliphatic carbocycles. The fourth-order valence-electron chi connectivity index (χ4n) is 2.79. The zero-order valence-corrected chi connectivity index (χ0v) is 15.3. The smallest absolute Gasteiger partial charge is 0.273 e. The molecule has 3 N–H and O–H groups in total. The lowest BCUT2D eigenvalue weighted by molar-refractivity contribution is -0.118. The minimum absolute atomic E-state index is 0.0629. The summed E-state index contributed by atoms with van der Waals surface area (Å²) in [6.45, 7) is 3.79. The van der Waals surface area contributed by atoms with Crippen LogP contribution in [0.15, 0.2) is 29.5 Å². The molecule has 3 amide bonds. The number of benzene rings is 1. The van der Waals surface area contributed by atoms with Crippen molar-refractivity contribution < 1.29 is 14.4 Å². The van der Waals surface area contributed by atoms with Crippen molar-refractivity contribution in [3.8, 4) is 0 Å². The lowest BCUT2D eigenvalue weighted by atomic mass is 10.1. The van der Waals surface area contributed by atoms with E-state index < -0.39 is 11.8 Å². The van der Waals surface area contributed by atoms with Gasteiger partial charge in [-0.3, -0.25) is 19.1 Å². The first-order valence-corrected chi connectivity index (χ1v) is 8.38. The van der Waals surface area contributed by atoms with Gasteiger partial charge in [0.2, 0.25) is 5.91 Å². The van der Waals surface area contributed by atoms with E-state index in [1.165, 1.54) is 15.9 Å². The summed E-state index contributed by atoms with van der Waals surface area (Å²) < 4.78 is 1.38. The maximum atomic E-state index is 12.6. The number of hydrogen-bond acceptors (Lipinski definition) is 5. The number of carbonyl (C=O) groups excluding carboxylic acids is 3. The van der Waals surface area contributed by atoms with Gasteiger partial charge in [0.25, 0.3) is 11.8 Å². The first kappa shape index (κ1) is 18.3. The Morgan fingerprint density at radius 1 is 1.22 bits per heavy atom. The van der Waals surface area contributed by atoms with Crippen LogP contribution in [-0.2, 0) is 16.6 Å². The van der Waals surface area contributed by atoms with Crippen LogP contribution in [0.1, 0.15) is 34.3 Å². The molecule has 140 valence electrons. The fourth-order valence-corrected chi connectivity index (χ4v) is 2.79. The first-order chi connectivity index (χ1) is 12.8. The van der Waals surface area contributed by atoms with Crippen LogP contribution in [-0.4, -0.2) is 33.2 Å². The number of aromatic nitrogens is 2. The van der Waals surface area contributed by atoms with E-state index in [2.05, 4.69) is 15.5 Å². The summed E-state index contributed by atoms with van der Waals surface area (Å²) in [5.41, 5.74) is 8.08. The molecule has 2 heterocycles. The number of hydrazone groups is 1. The van der Waals surface area contributed by atoms with Crippen LogP contribution in [0.25, 0.3) is 0 Å². The number of aryl methyl sites for hydroxylation is 3. The Balaban J connectivity index is 1.90. The van der Waals surface area contributed by atoms with E-state index in [1.807, 2.05) is 32.0 Å². The molecule has 27 heavy (non-hydrogen) atoms. The Morgan fingerprint density at radius 2 is 1.96 bits per heavy atom. The number of nitrogens with one attached hydrogen (secondary N) is 1. The number of hydrogen-bond donors (Lipinski definition) is 2. The van der Waals surface area contributed by atoms with E-state index in [1.54, 1.807) is 7.05 Å². The molecule has 1 aromatic heterocycles. The zero-order chi connectivity index (χ0) is 19.7. The Morgan fingerprint density at radius 3 is 2.67 bits per heavy atom. The van der Waals surface area contributed by atoms with Crippen LogP contribution < -0.4 is 16.1 Å². The van der Waals surface area contributed by atoms with Crippen molar-refractivity contribution in [1.82, 2.24) is 9.78 Å². The molecule has 1 aromatic carbocycles. The lowest BCUT2D eigenvalue weighted by Crippen LogP contribution is -2.37. The molecule has 2 aromatic rings. The third kappa shape index (κ3) is 3.71. The van der Waals surface area contributed by atoms with Gasteiger partial charge in [0.15, 0.2) is 5.82 Å². The van der Waals surface area contributed by atoms with Crippen LogP contribution in [0.2, 0.25) is 0 Å². The van der Waals surface area contributed by atoms with Crippen molar-refractivity contribution in [2.45, 2.75) is 26.7 Å². The Labute approximate surface area is 155 Å². The van der Waals surface area contributed by atoms with Crippen LogP contribution in [0.4, 0.5) is 11.5 Å². The number of amides is 3. The van der Waals surface area contributed by atoms with E-state index in [9.17, 15) is 14.4 Å². The topological polar surface area (TPSA) is 123 Å². The van der Waals surface area contributed by atoms with Gasteiger partial charge in [0.1, 0.15) is 11.3 Å². The molecule has 0 radical (unpaired) electrons. The van der Waals surface area contributed by atoms with E-state index in [-0.39, 0.29) is 35.8 Å². The summed E-state index contributed by atoms with van der Waals surface area (Å²) >= 11 is 0. The summed E-state index contributed by atoms with van der Waals surface area (Å²) in [5.74, 6) is -1.35. The van der Waals surface area contributed by atoms with Crippen molar-refractivity contribution in [2.75, 3.05) is 10.3 Å². The second-order valence-corrected chi connectivity index (χ2v) is 6.43. The minimum atomic E-state index is -0.698. The minimum Gasteiger partial charge on any atom is -0.365 e. The largest absolute Gasteiger partial charge is 0.365 e. The molecule has 1 aliphatic heterocycles. The van der Waals surface area contributed by atoms with Gasteiger partial charge < -0.3 is 11.1 Å². The van der Waals surface area contributed by atoms with Crippen molar-refractivity contribution in [1.29, 1.82) is 0 Å². The van der Waals surface area contributed by atoms with Gasteiger partial charge in [-0.25, -0.2) is 5.01 Å². The standard InChI is InChI=1S/C18H20N6O3/c1-10-4-5-11(2)14(8-10)24-15(25)7-6-13(21-24)18(27)20-17-12(16(19)26)9-23(3)22-17/h4-5,8-9H,6-7H2,1-3H3,(H2,19,26)(H,20,22,27). The van der Waals surface area contributed by atoms with E-state index in [0.717, 1.165) is 11.1 Å². The zero-order valence-electron chi connectivity index (χ0n) is 15.3. The number of carbonyl (C=O) groups is 3. The van der Waals surface area contributed by atoms with Crippen molar-refractivity contribution >= 4 is 34.9 Å². The Bertz CT molecular complexity index is 975. The Kier molecular flexibility index (Phi) is 4.76. The Hall–Kier alpha value is -3.49. The molecule has 9 heteroatoms. The predicted molar refractivity (Wildman–Crippen MR) is 100 cm³/mol. The van der Waals surface area contributed by atoms with Gasteiger partial charge in [-0.1, -0.05) is 12.1 Å². The van der Waals surface area contributed by atoms with E-state index >= 15 is 0 Å².